The molecule has 0 saturated carbocycles. The fourth-order valence-electron chi connectivity index (χ4n) is 8.55. The van der Waals surface area contributed by atoms with Crippen molar-refractivity contribution in [1.82, 2.24) is 5.32 Å². The van der Waals surface area contributed by atoms with Crippen LogP contribution in [0.4, 0.5) is 5.69 Å². The molecule has 0 radical (unpaired) electrons. The first-order chi connectivity index (χ1) is 25.7. The Morgan fingerprint density at radius 3 is 1.96 bits per heavy atom. The molecular formula is C49H38N2O. The van der Waals surface area contributed by atoms with Gasteiger partial charge >= 0.3 is 0 Å². The Labute approximate surface area is 304 Å². The summed E-state index contributed by atoms with van der Waals surface area (Å²) in [6.07, 6.45) is 4.23. The molecular weight excluding hydrogens is 633 g/mol. The molecule has 250 valence electrons. The van der Waals surface area contributed by atoms with E-state index >= 15 is 0 Å². The number of aryl methyl sites for hydroxylation is 1. The molecule has 52 heavy (non-hydrogen) atoms. The van der Waals surface area contributed by atoms with Crippen molar-refractivity contribution in [3.8, 4) is 33.4 Å². The van der Waals surface area contributed by atoms with Gasteiger partial charge in [-0.15, -0.1) is 0 Å². The van der Waals surface area contributed by atoms with Gasteiger partial charge in [-0.25, -0.2) is 0 Å². The molecule has 1 aliphatic carbocycles. The van der Waals surface area contributed by atoms with E-state index in [1.165, 1.54) is 66.4 Å². The molecule has 2 heterocycles. The summed E-state index contributed by atoms with van der Waals surface area (Å²) in [5.74, 6) is 0.997. The number of nitrogens with zero attached hydrogens (tertiary/aromatic N) is 1. The minimum Gasteiger partial charge on any atom is -0.455 e. The van der Waals surface area contributed by atoms with Gasteiger partial charge in [0.25, 0.3) is 0 Å². The van der Waals surface area contributed by atoms with Gasteiger partial charge in [-0.2, -0.15) is 0 Å². The monoisotopic (exact) mass is 670 g/mol. The van der Waals surface area contributed by atoms with Gasteiger partial charge in [-0.05, 0) is 92.9 Å². The highest BCUT2D eigenvalue weighted by Gasteiger charge is 2.36. The molecule has 0 bridgehead atoms. The van der Waals surface area contributed by atoms with Crippen LogP contribution in [0.3, 0.4) is 0 Å². The lowest BCUT2D eigenvalue weighted by Crippen LogP contribution is -2.50. The summed E-state index contributed by atoms with van der Waals surface area (Å²) in [6, 6.07) is 59.2. The average molecular weight is 671 g/mol. The smallest absolute Gasteiger partial charge is 0.143 e. The first-order valence-corrected chi connectivity index (χ1v) is 18.3. The van der Waals surface area contributed by atoms with E-state index in [0.717, 1.165) is 35.3 Å². The van der Waals surface area contributed by atoms with Crippen molar-refractivity contribution >= 4 is 33.0 Å². The van der Waals surface area contributed by atoms with Crippen LogP contribution in [0.15, 0.2) is 174 Å². The van der Waals surface area contributed by atoms with Gasteiger partial charge in [0.15, 0.2) is 0 Å². The minimum atomic E-state index is -0.0690. The SMILES string of the molecule is CN1c2ccccc2C(c2ccccc2)NC1C1=CCCc2c1oc1c(-c3cc(-c4ccccc4)cc(-c4ccccc4)c3)cc3ccccc3c21. The van der Waals surface area contributed by atoms with Crippen LogP contribution in [-0.4, -0.2) is 13.2 Å². The number of likely N-dealkylation sites (N-methyl/N-ethyl adjacent to an activating group) is 1. The normalized spacial score (nSPS) is 16.8. The zero-order valence-corrected chi connectivity index (χ0v) is 29.1. The van der Waals surface area contributed by atoms with Crippen LogP contribution in [-0.2, 0) is 6.42 Å². The van der Waals surface area contributed by atoms with Crippen LogP contribution in [0.1, 0.15) is 34.9 Å². The number of rotatable bonds is 5. The summed E-state index contributed by atoms with van der Waals surface area (Å²) in [6.45, 7) is 0. The molecule has 2 unspecified atom stereocenters. The summed E-state index contributed by atoms with van der Waals surface area (Å²) in [5, 5.41) is 7.76. The van der Waals surface area contributed by atoms with E-state index < -0.39 is 0 Å². The van der Waals surface area contributed by atoms with Crippen LogP contribution < -0.4 is 10.2 Å². The summed E-state index contributed by atoms with van der Waals surface area (Å²) < 4.78 is 7.28. The van der Waals surface area contributed by atoms with Gasteiger partial charge in [0.2, 0.25) is 0 Å². The van der Waals surface area contributed by atoms with Gasteiger partial charge in [-0.3, -0.25) is 5.32 Å². The molecule has 0 saturated heterocycles. The Bertz CT molecular complexity index is 2560. The second kappa shape index (κ2) is 12.6. The van der Waals surface area contributed by atoms with Crippen molar-refractivity contribution in [2.45, 2.75) is 25.0 Å². The van der Waals surface area contributed by atoms with Crippen LogP contribution in [0, 0.1) is 0 Å². The first-order valence-electron chi connectivity index (χ1n) is 18.3. The number of hydrogen-bond donors (Lipinski definition) is 1. The number of anilines is 1. The molecule has 0 spiro atoms. The molecule has 0 amide bonds. The maximum absolute atomic E-state index is 7.28. The Morgan fingerprint density at radius 2 is 1.23 bits per heavy atom. The Morgan fingerprint density at radius 1 is 0.615 bits per heavy atom. The van der Waals surface area contributed by atoms with E-state index in [1.54, 1.807) is 0 Å². The van der Waals surface area contributed by atoms with Crippen molar-refractivity contribution in [1.29, 1.82) is 0 Å². The van der Waals surface area contributed by atoms with Crippen molar-refractivity contribution in [3.63, 3.8) is 0 Å². The summed E-state index contributed by atoms with van der Waals surface area (Å²) in [5.41, 5.74) is 14.3. The number of nitrogens with one attached hydrogen (secondary N) is 1. The van der Waals surface area contributed by atoms with Gasteiger partial charge in [-0.1, -0.05) is 140 Å². The highest BCUT2D eigenvalue weighted by Crippen LogP contribution is 2.47. The number of para-hydroxylation sites is 1. The van der Waals surface area contributed by atoms with E-state index in [9.17, 15) is 0 Å². The van der Waals surface area contributed by atoms with E-state index in [-0.39, 0.29) is 12.2 Å². The lowest BCUT2D eigenvalue weighted by atomic mass is 9.87. The third-order valence-corrected chi connectivity index (χ3v) is 11.0. The standard InChI is InChI=1S/C49H38N2O/c1-51-44-27-14-13-24-40(44)46(34-20-9-4-10-21-34)50-49(51)42-26-15-25-41-45-39-23-12-11-22-35(39)31-43(48(45)52-47(41)42)38-29-36(32-16-5-2-6-17-32)28-37(30-38)33-18-7-3-8-19-33/h2-14,16-24,26-31,46,49-50H,15,25H2,1H3. The Hall–Kier alpha value is -6.16. The molecule has 10 rings (SSSR count). The van der Waals surface area contributed by atoms with Crippen LogP contribution in [0.2, 0.25) is 0 Å². The molecule has 7 aromatic carbocycles. The van der Waals surface area contributed by atoms with E-state index in [2.05, 4.69) is 187 Å². The van der Waals surface area contributed by atoms with Crippen molar-refractivity contribution < 1.29 is 4.42 Å². The fraction of sp³-hybridized carbons (Fsp3) is 0.102. The lowest BCUT2D eigenvalue weighted by molar-refractivity contribution is 0.493. The zero-order valence-electron chi connectivity index (χ0n) is 29.1. The summed E-state index contributed by atoms with van der Waals surface area (Å²) in [4.78, 5) is 2.39. The van der Waals surface area contributed by atoms with Gasteiger partial charge in [0.05, 0.1) is 6.04 Å². The third kappa shape index (κ3) is 5.08. The van der Waals surface area contributed by atoms with Crippen molar-refractivity contribution in [3.05, 3.63) is 192 Å². The molecule has 2 aliphatic rings. The van der Waals surface area contributed by atoms with Crippen molar-refractivity contribution in [2.75, 3.05) is 11.9 Å². The molecule has 0 fully saturated rings. The quantitative estimate of drug-likeness (QED) is 0.198. The van der Waals surface area contributed by atoms with Gasteiger partial charge in [0, 0.05) is 34.8 Å². The maximum Gasteiger partial charge on any atom is 0.143 e. The first kappa shape index (κ1) is 30.6. The topological polar surface area (TPSA) is 28.4 Å². The zero-order chi connectivity index (χ0) is 34.6. The number of benzene rings is 7. The molecule has 1 aromatic heterocycles. The lowest BCUT2D eigenvalue weighted by Gasteiger charge is -2.42. The Balaban J connectivity index is 1.18. The van der Waals surface area contributed by atoms with E-state index in [4.69, 9.17) is 4.42 Å². The largest absolute Gasteiger partial charge is 0.455 e. The number of fused-ring (bicyclic) bond motifs is 6. The Kier molecular flexibility index (Phi) is 7.40. The van der Waals surface area contributed by atoms with Gasteiger partial charge in [0.1, 0.15) is 17.5 Å². The highest BCUT2D eigenvalue weighted by atomic mass is 16.3. The van der Waals surface area contributed by atoms with Crippen LogP contribution in [0.25, 0.3) is 60.7 Å². The van der Waals surface area contributed by atoms with Crippen molar-refractivity contribution in [2.24, 2.45) is 0 Å². The number of furan rings is 1. The predicted octanol–water partition coefficient (Wildman–Crippen LogP) is 12.1. The van der Waals surface area contributed by atoms with Gasteiger partial charge < -0.3 is 9.32 Å². The van der Waals surface area contributed by atoms with Crippen LogP contribution in [0.5, 0.6) is 0 Å². The minimum absolute atomic E-state index is 0.0581. The molecule has 3 nitrogen and oxygen atoms in total. The predicted molar refractivity (Wildman–Crippen MR) is 216 cm³/mol. The molecule has 8 aromatic rings. The summed E-state index contributed by atoms with van der Waals surface area (Å²) in [7, 11) is 2.20. The molecule has 1 aliphatic heterocycles. The fourth-order valence-corrected chi connectivity index (χ4v) is 8.55. The second-order valence-electron chi connectivity index (χ2n) is 14.1. The second-order valence-corrected chi connectivity index (χ2v) is 14.1. The number of hydrogen-bond acceptors (Lipinski definition) is 3. The molecule has 2 atom stereocenters. The summed E-state index contributed by atoms with van der Waals surface area (Å²) >= 11 is 0. The number of allylic oxidation sites excluding steroid dienone is 1. The average Bonchev–Trinajstić information content (AvgIpc) is 3.62. The molecule has 3 heteroatoms. The highest BCUT2D eigenvalue weighted by molar-refractivity contribution is 6.15. The maximum atomic E-state index is 7.28. The van der Waals surface area contributed by atoms with E-state index in [0.29, 0.717) is 0 Å². The third-order valence-electron chi connectivity index (χ3n) is 11.0. The molecule has 1 N–H and O–H groups in total. The van der Waals surface area contributed by atoms with Crippen LogP contribution >= 0.6 is 0 Å². The van der Waals surface area contributed by atoms with E-state index in [1.807, 2.05) is 0 Å².